The maximum Gasteiger partial charge on any atom is 0.0560 e. The van der Waals surface area contributed by atoms with E-state index in [1.807, 2.05) is 31.2 Å². The maximum absolute atomic E-state index is 11.0. The van der Waals surface area contributed by atoms with Gasteiger partial charge in [0, 0.05) is 50.4 Å². The van der Waals surface area contributed by atoms with E-state index in [4.69, 9.17) is 0 Å². The predicted molar refractivity (Wildman–Crippen MR) is 112 cm³/mol. The highest BCUT2D eigenvalue weighted by atomic mass is 16.4. The summed E-state index contributed by atoms with van der Waals surface area (Å²) >= 11 is 0. The molecule has 2 rings (SSSR count). The number of hydrogen-bond acceptors (Lipinski definition) is 11. The average molecular weight is 479 g/mol. The minimum atomic E-state index is -1.50. The molecule has 1 aromatic carbocycles. The van der Waals surface area contributed by atoms with Gasteiger partial charge in [-0.2, -0.15) is 0 Å². The highest BCUT2D eigenvalue weighted by molar-refractivity contribution is 5.70. The number of pyridine rings is 1. The van der Waals surface area contributed by atoms with E-state index in [1.54, 1.807) is 0 Å². The summed E-state index contributed by atoms with van der Waals surface area (Å²) < 4.78 is 0. The van der Waals surface area contributed by atoms with Crippen molar-refractivity contribution in [2.75, 3.05) is 26.2 Å². The number of nitrogens with zero attached hydrogens (tertiary/aromatic N) is 3. The monoisotopic (exact) mass is 479 g/mol. The Bertz CT molecular complexity index is 1060. The lowest BCUT2D eigenvalue weighted by Gasteiger charge is -2.24. The topological polar surface area (TPSA) is 180 Å². The van der Waals surface area contributed by atoms with Crippen LogP contribution in [0.5, 0.6) is 0 Å². The lowest BCUT2D eigenvalue weighted by atomic mass is 10.1. The van der Waals surface area contributed by atoms with E-state index >= 15 is 0 Å². The number of carbonyl (C=O) groups is 4. The van der Waals surface area contributed by atoms with Crippen LogP contribution in [0.15, 0.2) is 36.4 Å². The molecule has 11 nitrogen and oxygen atoms in total. The first kappa shape index (κ1) is 27.0. The molecule has 0 bridgehead atoms. The van der Waals surface area contributed by atoms with Crippen LogP contribution in [-0.4, -0.2) is 64.8 Å². The van der Waals surface area contributed by atoms with Crippen LogP contribution < -0.4 is 20.4 Å². The fraction of sp³-hybridized carbons (Fsp3) is 0.292. The minimum Gasteiger partial charge on any atom is -0.549 e. The van der Waals surface area contributed by atoms with Gasteiger partial charge in [0.25, 0.3) is 0 Å². The summed E-state index contributed by atoms with van der Waals surface area (Å²) in [7, 11) is 0. The van der Waals surface area contributed by atoms with E-state index in [1.165, 1.54) is 12.1 Å². The second kappa shape index (κ2) is 12.8. The Kier molecular flexibility index (Phi) is 9.89. The molecule has 0 spiro atoms. The van der Waals surface area contributed by atoms with Crippen LogP contribution in [0, 0.1) is 18.8 Å². The van der Waals surface area contributed by atoms with Crippen molar-refractivity contribution < 1.29 is 39.6 Å². The Labute approximate surface area is 201 Å². The van der Waals surface area contributed by atoms with Gasteiger partial charge in [-0.05, 0) is 31.2 Å². The Hall–Kier alpha value is -4.27. The summed E-state index contributed by atoms with van der Waals surface area (Å²) in [6.07, 6.45) is 0. The van der Waals surface area contributed by atoms with Gasteiger partial charge in [-0.25, -0.2) is 0 Å². The first-order chi connectivity index (χ1) is 16.5. The number of rotatable bonds is 12. The molecule has 0 radical (unpaired) electrons. The van der Waals surface area contributed by atoms with Crippen LogP contribution >= 0.6 is 0 Å². The quantitative estimate of drug-likeness (QED) is 0.267. The van der Waals surface area contributed by atoms with Crippen LogP contribution in [0.2, 0.25) is 0 Å². The van der Waals surface area contributed by atoms with Crippen LogP contribution in [0.3, 0.4) is 0 Å². The van der Waals surface area contributed by atoms with Gasteiger partial charge in [-0.15, -0.1) is 0 Å². The molecule has 0 aliphatic carbocycles. The van der Waals surface area contributed by atoms with E-state index in [0.29, 0.717) is 11.1 Å². The van der Waals surface area contributed by atoms with Crippen molar-refractivity contribution in [3.63, 3.8) is 0 Å². The van der Waals surface area contributed by atoms with Gasteiger partial charge in [0.05, 0.1) is 35.3 Å². The van der Waals surface area contributed by atoms with Gasteiger partial charge < -0.3 is 39.6 Å². The molecule has 0 aliphatic rings. The summed E-state index contributed by atoms with van der Waals surface area (Å²) in [6, 6.07) is 10.4. The molecule has 1 aromatic heterocycles. The summed E-state index contributed by atoms with van der Waals surface area (Å²) in [5, 5.41) is 44.0. The van der Waals surface area contributed by atoms with E-state index < -0.39 is 50.1 Å². The molecule has 184 valence electrons. The molecule has 35 heavy (non-hydrogen) atoms. The molecule has 0 atom stereocenters. The molecule has 0 aliphatic heterocycles. The average Bonchev–Trinajstić information content (AvgIpc) is 2.71. The molecule has 0 amide bonds. The smallest absolute Gasteiger partial charge is 0.0560 e. The fourth-order valence-electron chi connectivity index (χ4n) is 3.19. The fourth-order valence-corrected chi connectivity index (χ4v) is 3.19. The zero-order valence-electron chi connectivity index (χ0n) is 18.8. The van der Waals surface area contributed by atoms with Gasteiger partial charge in [-0.3, -0.25) is 14.8 Å². The number of carboxylic acid groups (broad SMARTS) is 4. The second-order valence-electron chi connectivity index (χ2n) is 7.73. The molecule has 1 heterocycles. The van der Waals surface area contributed by atoms with Crippen molar-refractivity contribution in [1.29, 1.82) is 0 Å². The standard InChI is InChI=1S/C24H25N3O8/c1-16-2-4-17(5-3-16)6-7-18-8-19(10-26(12-21(28)29)13-22(30)31)25-20(9-18)11-27(14-23(32)33)15-24(34)35/h2-5,8-9H,10-15H2,1H3,(H,28,29)(H,30,31)(H,32,33)(H,34,35)/p-4. The minimum absolute atomic E-state index is 0.222. The Balaban J connectivity index is 2.43. The van der Waals surface area contributed by atoms with Crippen molar-refractivity contribution in [3.05, 3.63) is 64.5 Å². The Morgan fingerprint density at radius 3 is 1.43 bits per heavy atom. The van der Waals surface area contributed by atoms with Crippen molar-refractivity contribution in [3.8, 4) is 11.8 Å². The van der Waals surface area contributed by atoms with Crippen LogP contribution in [0.1, 0.15) is 28.1 Å². The van der Waals surface area contributed by atoms with Gasteiger partial charge in [0.15, 0.2) is 0 Å². The van der Waals surface area contributed by atoms with E-state index in [-0.39, 0.29) is 24.5 Å². The number of aromatic nitrogens is 1. The predicted octanol–water partition coefficient (Wildman–Crippen LogP) is -4.61. The third-order valence-electron chi connectivity index (χ3n) is 4.52. The zero-order chi connectivity index (χ0) is 26.0. The number of hydrogen-bond donors (Lipinski definition) is 0. The lowest BCUT2D eigenvalue weighted by Crippen LogP contribution is -2.44. The number of carbonyl (C=O) groups excluding carboxylic acids is 4. The van der Waals surface area contributed by atoms with Gasteiger partial charge >= 0.3 is 0 Å². The third-order valence-corrected chi connectivity index (χ3v) is 4.52. The van der Waals surface area contributed by atoms with E-state index in [9.17, 15) is 39.6 Å². The molecule has 0 fully saturated rings. The van der Waals surface area contributed by atoms with Gasteiger partial charge in [0.2, 0.25) is 0 Å². The van der Waals surface area contributed by atoms with E-state index in [2.05, 4.69) is 16.8 Å². The van der Waals surface area contributed by atoms with Gasteiger partial charge in [0.1, 0.15) is 0 Å². The second-order valence-corrected chi connectivity index (χ2v) is 7.73. The molecule has 0 unspecified atom stereocenters. The Morgan fingerprint density at radius 1 is 0.686 bits per heavy atom. The highest BCUT2D eigenvalue weighted by Gasteiger charge is 2.13. The summed E-state index contributed by atoms with van der Waals surface area (Å²) in [5.41, 5.74) is 2.61. The SMILES string of the molecule is Cc1ccc(C#Cc2cc(CN(CC(=O)[O-])CC(=O)[O-])nc(CN(CC(=O)[O-])CC(=O)[O-])c2)cc1. The number of carboxylic acids is 4. The summed E-state index contributed by atoms with van der Waals surface area (Å²) in [6.45, 7) is -1.34. The maximum atomic E-state index is 11.0. The Morgan fingerprint density at radius 2 is 1.06 bits per heavy atom. The van der Waals surface area contributed by atoms with E-state index in [0.717, 1.165) is 15.4 Å². The first-order valence-electron chi connectivity index (χ1n) is 10.3. The van der Waals surface area contributed by atoms with Crippen LogP contribution in [0.25, 0.3) is 0 Å². The third kappa shape index (κ3) is 10.5. The van der Waals surface area contributed by atoms with Gasteiger partial charge in [-0.1, -0.05) is 29.5 Å². The molecule has 0 N–H and O–H groups in total. The molecule has 2 aromatic rings. The van der Waals surface area contributed by atoms with Crippen molar-refractivity contribution >= 4 is 23.9 Å². The molecule has 11 heteroatoms. The van der Waals surface area contributed by atoms with Crippen LogP contribution in [0.4, 0.5) is 0 Å². The van der Waals surface area contributed by atoms with Crippen LogP contribution in [-0.2, 0) is 32.3 Å². The molecule has 0 saturated heterocycles. The lowest BCUT2D eigenvalue weighted by molar-refractivity contribution is -0.313. The summed E-state index contributed by atoms with van der Waals surface area (Å²) in [5.74, 6) is -0.129. The number of aryl methyl sites for hydroxylation is 1. The zero-order valence-corrected chi connectivity index (χ0v) is 18.8. The summed E-state index contributed by atoms with van der Waals surface area (Å²) in [4.78, 5) is 50.4. The largest absolute Gasteiger partial charge is 0.549 e. The number of aliphatic carboxylic acids is 4. The van der Waals surface area contributed by atoms with Crippen molar-refractivity contribution in [1.82, 2.24) is 14.8 Å². The highest BCUT2D eigenvalue weighted by Crippen LogP contribution is 2.11. The van der Waals surface area contributed by atoms with Crippen molar-refractivity contribution in [2.45, 2.75) is 20.0 Å². The normalized spacial score (nSPS) is 10.6. The molecular formula is C24H21N3O8-4. The number of benzene rings is 1. The first-order valence-corrected chi connectivity index (χ1v) is 10.3. The molecule has 0 saturated carbocycles. The molecular weight excluding hydrogens is 458 g/mol. The van der Waals surface area contributed by atoms with Crippen molar-refractivity contribution in [2.24, 2.45) is 0 Å².